The molecule has 0 bridgehead atoms. The molecule has 18 heavy (non-hydrogen) atoms. The second kappa shape index (κ2) is 5.03. The van der Waals surface area contributed by atoms with Crippen LogP contribution >= 0.6 is 0 Å². The molecule has 0 aliphatic heterocycles. The van der Waals surface area contributed by atoms with Crippen LogP contribution in [0.25, 0.3) is 0 Å². The highest BCUT2D eigenvalue weighted by Crippen LogP contribution is 2.39. The Hall–Kier alpha value is -0.840. The molecule has 2 rings (SSSR count). The van der Waals surface area contributed by atoms with Gasteiger partial charge in [0.15, 0.2) is 9.33 Å². The maximum atomic E-state index is 12.1. The minimum Gasteiger partial charge on any atom is -0.507 e. The number of halogens is 1. The molecule has 1 atom stereocenters. The Morgan fingerprint density at radius 1 is 1.28 bits per heavy atom. The van der Waals surface area contributed by atoms with Gasteiger partial charge in [-0.25, -0.2) is 0 Å². The number of ketones is 1. The van der Waals surface area contributed by atoms with Crippen molar-refractivity contribution in [1.29, 1.82) is 0 Å². The highest BCUT2D eigenvalue weighted by atomic mass is 127. The van der Waals surface area contributed by atoms with E-state index in [-0.39, 0.29) is 17.1 Å². The summed E-state index contributed by atoms with van der Waals surface area (Å²) < 4.78 is 1.87. The van der Waals surface area contributed by atoms with Crippen molar-refractivity contribution in [2.24, 2.45) is 11.3 Å². The number of Topliss-reactive ketones (excluding diaryl/α,β-unsaturated/α-hetero) is 1. The molecule has 0 spiro atoms. The van der Waals surface area contributed by atoms with Crippen LogP contribution in [0.15, 0.2) is 39.7 Å². The van der Waals surface area contributed by atoms with Crippen LogP contribution in [0, 0.1) is 14.9 Å². The van der Waals surface area contributed by atoms with Crippen molar-refractivity contribution in [3.05, 3.63) is 43.2 Å². The third kappa shape index (κ3) is 2.46. The van der Waals surface area contributed by atoms with Gasteiger partial charge >= 0.3 is 21.2 Å². The Morgan fingerprint density at radius 3 is 2.50 bits per heavy atom. The van der Waals surface area contributed by atoms with Crippen molar-refractivity contribution in [2.45, 2.75) is 27.2 Å². The fraction of sp³-hybridized carbons (Fsp3) is 0.400. The number of benzene rings is 1. The summed E-state index contributed by atoms with van der Waals surface area (Å²) in [5, 5.41) is 10.4. The Bertz CT molecular complexity index is 488. The molecule has 0 fully saturated rings. The standard InChI is InChI=1S/C15H17IO2/c1-10-9-12(17)13(14(18)15(10,2)3)16-11-7-5-4-6-8-11/h4-8,10H,9H2,1-3H3/p+1. The lowest BCUT2D eigenvalue weighted by Crippen LogP contribution is -3.61. The van der Waals surface area contributed by atoms with Crippen LogP contribution in [0.1, 0.15) is 27.2 Å². The molecule has 0 radical (unpaired) electrons. The van der Waals surface area contributed by atoms with E-state index in [2.05, 4.69) is 0 Å². The number of aliphatic hydroxyl groups excluding tert-OH is 1. The van der Waals surface area contributed by atoms with Crippen molar-refractivity contribution in [2.75, 3.05) is 0 Å². The lowest BCUT2D eigenvalue weighted by Gasteiger charge is -2.33. The van der Waals surface area contributed by atoms with E-state index in [9.17, 15) is 9.90 Å². The first-order chi connectivity index (χ1) is 8.43. The molecular weight excluding hydrogens is 339 g/mol. The summed E-state index contributed by atoms with van der Waals surface area (Å²) in [5.74, 6) is 0.660. The largest absolute Gasteiger partial charge is 0.507 e. The van der Waals surface area contributed by atoms with Crippen LogP contribution in [0.3, 0.4) is 0 Å². The number of allylic oxidation sites excluding steroid dienone is 2. The Morgan fingerprint density at radius 2 is 1.89 bits per heavy atom. The van der Waals surface area contributed by atoms with Gasteiger partial charge in [0.1, 0.15) is 0 Å². The maximum Gasteiger partial charge on any atom is 0.365 e. The van der Waals surface area contributed by atoms with E-state index in [1.165, 1.54) is 3.57 Å². The average Bonchev–Trinajstić information content (AvgIpc) is 2.34. The van der Waals surface area contributed by atoms with Gasteiger partial charge in [-0.15, -0.1) is 0 Å². The van der Waals surface area contributed by atoms with E-state index >= 15 is 0 Å². The quantitative estimate of drug-likeness (QED) is 0.776. The van der Waals surface area contributed by atoms with Crippen LogP contribution in [0.4, 0.5) is 0 Å². The van der Waals surface area contributed by atoms with E-state index in [1.54, 1.807) is 0 Å². The second-order valence-electron chi connectivity index (χ2n) is 5.30. The molecule has 0 amide bonds. The van der Waals surface area contributed by atoms with E-state index in [1.807, 2.05) is 51.1 Å². The number of hydrogen-bond acceptors (Lipinski definition) is 2. The molecule has 0 heterocycles. The van der Waals surface area contributed by atoms with E-state index < -0.39 is 21.2 Å². The zero-order valence-corrected chi connectivity index (χ0v) is 13.1. The summed E-state index contributed by atoms with van der Waals surface area (Å²) in [7, 11) is 0. The van der Waals surface area contributed by atoms with Crippen LogP contribution < -0.4 is 21.2 Å². The van der Waals surface area contributed by atoms with Crippen LogP contribution in [-0.4, -0.2) is 10.9 Å². The fourth-order valence-corrected chi connectivity index (χ4v) is 4.82. The van der Waals surface area contributed by atoms with Crippen LogP contribution in [0.2, 0.25) is 0 Å². The molecule has 3 heteroatoms. The Labute approximate surface area is 118 Å². The highest BCUT2D eigenvalue weighted by Gasteiger charge is 2.46. The topological polar surface area (TPSA) is 37.3 Å². The van der Waals surface area contributed by atoms with E-state index in [0.29, 0.717) is 15.8 Å². The lowest BCUT2D eigenvalue weighted by atomic mass is 9.72. The van der Waals surface area contributed by atoms with Crippen molar-refractivity contribution in [3.63, 3.8) is 0 Å². The summed E-state index contributed by atoms with van der Waals surface area (Å²) in [6, 6.07) is 10.00. The van der Waals surface area contributed by atoms with Crippen molar-refractivity contribution >= 4 is 5.78 Å². The number of carbonyl (C=O) groups excluding carboxylic acids is 1. The first-order valence-corrected chi connectivity index (χ1v) is 8.25. The van der Waals surface area contributed by atoms with Crippen molar-refractivity contribution in [3.8, 4) is 0 Å². The van der Waals surface area contributed by atoms with Gasteiger partial charge in [0.05, 0.1) is 0 Å². The summed E-state index contributed by atoms with van der Waals surface area (Å²) in [5.41, 5.74) is -0.280. The molecular formula is C15H18IO2+. The predicted octanol–water partition coefficient (Wildman–Crippen LogP) is 0.350. The predicted molar refractivity (Wildman–Crippen MR) is 67.4 cm³/mol. The number of rotatable bonds is 2. The molecule has 1 aromatic carbocycles. The smallest absolute Gasteiger partial charge is 0.365 e. The minimum absolute atomic E-state index is 0.135. The molecule has 0 aromatic heterocycles. The molecule has 96 valence electrons. The van der Waals surface area contributed by atoms with Gasteiger partial charge in [-0.1, -0.05) is 39.0 Å². The van der Waals surface area contributed by atoms with Gasteiger partial charge in [-0.2, -0.15) is 0 Å². The molecule has 1 aliphatic carbocycles. The van der Waals surface area contributed by atoms with Gasteiger partial charge in [0, 0.05) is 11.8 Å². The number of aliphatic hydroxyl groups is 1. The Balaban J connectivity index is 2.36. The number of hydrogen-bond donors (Lipinski definition) is 1. The Kier molecular flexibility index (Phi) is 3.80. The monoisotopic (exact) mass is 357 g/mol. The highest BCUT2D eigenvalue weighted by molar-refractivity contribution is 5.94. The van der Waals surface area contributed by atoms with Gasteiger partial charge in [-0.05, 0) is 18.1 Å². The third-order valence-corrected chi connectivity index (χ3v) is 6.72. The molecule has 1 unspecified atom stereocenters. The number of carbonyl (C=O) groups is 1. The molecule has 0 saturated carbocycles. The van der Waals surface area contributed by atoms with Gasteiger partial charge in [0.25, 0.3) is 3.58 Å². The molecule has 1 aliphatic rings. The van der Waals surface area contributed by atoms with Gasteiger partial charge in [-0.3, -0.25) is 4.79 Å². The third-order valence-electron chi connectivity index (χ3n) is 3.72. The zero-order chi connectivity index (χ0) is 13.3. The van der Waals surface area contributed by atoms with E-state index in [0.717, 1.165) is 0 Å². The summed E-state index contributed by atoms with van der Waals surface area (Å²) >= 11 is -0.574. The first-order valence-electron chi connectivity index (χ1n) is 6.09. The van der Waals surface area contributed by atoms with Gasteiger partial charge < -0.3 is 5.11 Å². The average molecular weight is 357 g/mol. The van der Waals surface area contributed by atoms with Crippen molar-refractivity contribution in [1.82, 2.24) is 0 Å². The zero-order valence-electron chi connectivity index (χ0n) is 10.9. The van der Waals surface area contributed by atoms with E-state index in [4.69, 9.17) is 0 Å². The first kappa shape index (κ1) is 13.6. The molecule has 2 nitrogen and oxygen atoms in total. The maximum absolute atomic E-state index is 12.1. The molecule has 0 saturated heterocycles. The van der Waals surface area contributed by atoms with Crippen molar-refractivity contribution < 1.29 is 31.1 Å². The summed E-state index contributed by atoms with van der Waals surface area (Å²) in [6.07, 6.45) is 0.555. The second-order valence-corrected chi connectivity index (χ2v) is 8.17. The SMILES string of the molecule is CC1CC(=O)C([I+]c2ccccc2)=C(O)C1(C)C. The molecule has 1 N–H and O–H groups in total. The normalized spacial score (nSPS) is 23.3. The summed E-state index contributed by atoms with van der Waals surface area (Å²) in [4.78, 5) is 12.1. The van der Waals surface area contributed by atoms with Crippen LogP contribution in [-0.2, 0) is 4.79 Å². The summed E-state index contributed by atoms with van der Waals surface area (Å²) in [6.45, 7) is 6.08. The molecule has 1 aromatic rings. The lowest BCUT2D eigenvalue weighted by molar-refractivity contribution is -0.573. The fourth-order valence-electron chi connectivity index (χ4n) is 1.96. The minimum atomic E-state index is -0.574. The van der Waals surface area contributed by atoms with Gasteiger partial charge in [0.2, 0.25) is 5.78 Å². The van der Waals surface area contributed by atoms with Crippen LogP contribution in [0.5, 0.6) is 0 Å².